The number of allylic oxidation sites excluding steroid dienone is 1. The Kier molecular flexibility index (Phi) is 2.51. The number of Topliss-reactive ketones (excluding diaryl/α,β-unsaturated/α-hetero) is 1. The lowest BCUT2D eigenvalue weighted by Crippen LogP contribution is -2.29. The minimum Gasteiger partial charge on any atom is -0.299 e. The second kappa shape index (κ2) is 3.37. The molecule has 0 aromatic carbocycles. The van der Waals surface area contributed by atoms with Gasteiger partial charge in [0.15, 0.2) is 0 Å². The summed E-state index contributed by atoms with van der Waals surface area (Å²) >= 11 is 2.31. The van der Waals surface area contributed by atoms with Gasteiger partial charge in [0.1, 0.15) is 5.78 Å². The van der Waals surface area contributed by atoms with Crippen LogP contribution in [0.1, 0.15) is 38.5 Å². The lowest BCUT2D eigenvalue weighted by Gasteiger charge is -2.29. The van der Waals surface area contributed by atoms with Crippen LogP contribution in [0.4, 0.5) is 0 Å². The van der Waals surface area contributed by atoms with E-state index < -0.39 is 0 Å². The summed E-state index contributed by atoms with van der Waals surface area (Å²) in [5.74, 6) is 1.01. The third-order valence-corrected chi connectivity index (χ3v) is 4.49. The molecule has 2 rings (SSSR count). The molecule has 0 bridgehead atoms. The quantitative estimate of drug-likeness (QED) is 0.676. The van der Waals surface area contributed by atoms with Crippen molar-refractivity contribution in [2.45, 2.75) is 38.5 Å². The van der Waals surface area contributed by atoms with Crippen LogP contribution in [-0.2, 0) is 4.79 Å². The Bertz CT molecular complexity index is 255. The summed E-state index contributed by atoms with van der Waals surface area (Å²) in [5.41, 5.74) is 0.0400. The molecule has 0 saturated heterocycles. The highest BCUT2D eigenvalue weighted by Gasteiger charge is 2.50. The topological polar surface area (TPSA) is 17.1 Å². The number of carbonyl (C=O) groups excluding carboxylic acids is 1. The maximum absolute atomic E-state index is 11.9. The highest BCUT2D eigenvalue weighted by atomic mass is 127. The zero-order chi connectivity index (χ0) is 9.47. The molecule has 0 aromatic heterocycles. The van der Waals surface area contributed by atoms with Gasteiger partial charge in [0.05, 0.1) is 0 Å². The molecule has 0 aromatic rings. The third-order valence-electron chi connectivity index (χ3n) is 3.74. The summed E-state index contributed by atoms with van der Waals surface area (Å²) in [6, 6.07) is 0. The Labute approximate surface area is 93.1 Å². The van der Waals surface area contributed by atoms with Gasteiger partial charge in [-0.2, -0.15) is 0 Å². The first-order valence-electron chi connectivity index (χ1n) is 5.04. The van der Waals surface area contributed by atoms with Crippen molar-refractivity contribution in [1.29, 1.82) is 0 Å². The molecule has 2 saturated carbocycles. The fraction of sp³-hybridized carbons (Fsp3) is 0.727. The lowest BCUT2D eigenvalue weighted by molar-refractivity contribution is -0.126. The number of hydrogen-bond acceptors (Lipinski definition) is 1. The minimum absolute atomic E-state index is 0.0400. The molecule has 1 nitrogen and oxygen atoms in total. The van der Waals surface area contributed by atoms with E-state index in [4.69, 9.17) is 0 Å². The van der Waals surface area contributed by atoms with Crippen molar-refractivity contribution in [3.8, 4) is 0 Å². The SMILES string of the molecule is C=C(I)C1CCC[C@]12CCCC2=O. The van der Waals surface area contributed by atoms with Crippen LogP contribution in [0.25, 0.3) is 0 Å². The van der Waals surface area contributed by atoms with Crippen LogP contribution in [0.3, 0.4) is 0 Å². The second-order valence-corrected chi connectivity index (χ2v) is 5.71. The van der Waals surface area contributed by atoms with E-state index in [1.165, 1.54) is 16.4 Å². The molecular weight excluding hydrogens is 275 g/mol. The number of halogens is 1. The van der Waals surface area contributed by atoms with Crippen LogP contribution in [0.2, 0.25) is 0 Å². The Balaban J connectivity index is 2.29. The highest BCUT2D eigenvalue weighted by Crippen LogP contribution is 2.55. The molecule has 1 spiro atoms. The largest absolute Gasteiger partial charge is 0.299 e. The molecule has 0 heterocycles. The smallest absolute Gasteiger partial charge is 0.139 e. The molecule has 0 radical (unpaired) electrons. The maximum Gasteiger partial charge on any atom is 0.139 e. The molecule has 0 aliphatic heterocycles. The van der Waals surface area contributed by atoms with Gasteiger partial charge >= 0.3 is 0 Å². The first kappa shape index (κ1) is 9.69. The molecule has 1 unspecified atom stereocenters. The van der Waals surface area contributed by atoms with Gasteiger partial charge in [-0.15, -0.1) is 0 Å². The first-order valence-corrected chi connectivity index (χ1v) is 6.12. The van der Waals surface area contributed by atoms with Crippen LogP contribution < -0.4 is 0 Å². The van der Waals surface area contributed by atoms with E-state index in [2.05, 4.69) is 29.2 Å². The average molecular weight is 290 g/mol. The van der Waals surface area contributed by atoms with E-state index in [-0.39, 0.29) is 5.41 Å². The van der Waals surface area contributed by atoms with Crippen LogP contribution >= 0.6 is 22.6 Å². The van der Waals surface area contributed by atoms with Gasteiger partial charge in [0.2, 0.25) is 0 Å². The van der Waals surface area contributed by atoms with Gasteiger partial charge in [-0.1, -0.05) is 13.0 Å². The molecule has 2 fully saturated rings. The van der Waals surface area contributed by atoms with Crippen molar-refractivity contribution in [3.05, 3.63) is 10.2 Å². The van der Waals surface area contributed by atoms with E-state index in [9.17, 15) is 4.79 Å². The molecule has 0 amide bonds. The maximum atomic E-state index is 11.9. The van der Waals surface area contributed by atoms with E-state index in [1.807, 2.05) is 0 Å². The molecule has 2 aliphatic carbocycles. The predicted octanol–water partition coefficient (Wildman–Crippen LogP) is 3.47. The number of ketones is 1. The molecule has 13 heavy (non-hydrogen) atoms. The summed E-state index contributed by atoms with van der Waals surface area (Å²) in [6.07, 6.45) is 6.59. The molecule has 2 heteroatoms. The fourth-order valence-electron chi connectivity index (χ4n) is 3.11. The van der Waals surface area contributed by atoms with Crippen molar-refractivity contribution in [1.82, 2.24) is 0 Å². The van der Waals surface area contributed by atoms with Crippen molar-refractivity contribution in [3.63, 3.8) is 0 Å². The van der Waals surface area contributed by atoms with E-state index in [1.54, 1.807) is 0 Å². The first-order chi connectivity index (χ1) is 6.17. The molecule has 0 N–H and O–H groups in total. The third kappa shape index (κ3) is 1.37. The zero-order valence-corrected chi connectivity index (χ0v) is 9.97. The zero-order valence-electron chi connectivity index (χ0n) is 7.81. The fourth-order valence-corrected chi connectivity index (χ4v) is 4.02. The Morgan fingerprint density at radius 1 is 1.46 bits per heavy atom. The summed E-state index contributed by atoms with van der Waals surface area (Å²) in [5, 5.41) is 0. The Morgan fingerprint density at radius 2 is 2.15 bits per heavy atom. The van der Waals surface area contributed by atoms with Gasteiger partial charge in [0, 0.05) is 17.8 Å². The van der Waals surface area contributed by atoms with Gasteiger partial charge in [-0.3, -0.25) is 4.79 Å². The van der Waals surface area contributed by atoms with E-state index >= 15 is 0 Å². The molecular formula is C11H15IO. The van der Waals surface area contributed by atoms with Gasteiger partial charge < -0.3 is 0 Å². The van der Waals surface area contributed by atoms with Gasteiger partial charge in [0.25, 0.3) is 0 Å². The highest BCUT2D eigenvalue weighted by molar-refractivity contribution is 14.1. The average Bonchev–Trinajstić information content (AvgIpc) is 2.62. The van der Waals surface area contributed by atoms with Crippen LogP contribution in [-0.4, -0.2) is 5.78 Å². The summed E-state index contributed by atoms with van der Waals surface area (Å²) in [7, 11) is 0. The summed E-state index contributed by atoms with van der Waals surface area (Å²) in [6.45, 7) is 4.02. The van der Waals surface area contributed by atoms with Crippen molar-refractivity contribution in [2.24, 2.45) is 11.3 Å². The Morgan fingerprint density at radius 3 is 2.69 bits per heavy atom. The van der Waals surface area contributed by atoms with E-state index in [0.29, 0.717) is 11.7 Å². The Hall–Kier alpha value is 0.140. The van der Waals surface area contributed by atoms with Crippen molar-refractivity contribution in [2.75, 3.05) is 0 Å². The standard InChI is InChI=1S/C11H15IO/c1-8(12)9-4-2-6-11(9)7-3-5-10(11)13/h9H,1-7H2/t9?,11-/m0/s1. The van der Waals surface area contributed by atoms with Crippen LogP contribution in [0.5, 0.6) is 0 Å². The number of rotatable bonds is 1. The monoisotopic (exact) mass is 290 g/mol. The van der Waals surface area contributed by atoms with E-state index in [0.717, 1.165) is 25.7 Å². The number of hydrogen-bond donors (Lipinski definition) is 0. The summed E-state index contributed by atoms with van der Waals surface area (Å²) in [4.78, 5) is 11.9. The van der Waals surface area contributed by atoms with Crippen molar-refractivity contribution >= 4 is 28.4 Å². The normalized spacial score (nSPS) is 38.8. The van der Waals surface area contributed by atoms with Gasteiger partial charge in [-0.05, 0) is 51.9 Å². The second-order valence-electron chi connectivity index (χ2n) is 4.32. The predicted molar refractivity (Wildman–Crippen MR) is 61.8 cm³/mol. The minimum atomic E-state index is 0.0400. The van der Waals surface area contributed by atoms with Gasteiger partial charge in [-0.25, -0.2) is 0 Å². The molecule has 72 valence electrons. The molecule has 2 atom stereocenters. The summed E-state index contributed by atoms with van der Waals surface area (Å²) < 4.78 is 1.20. The van der Waals surface area contributed by atoms with Crippen molar-refractivity contribution < 1.29 is 4.79 Å². The number of carbonyl (C=O) groups is 1. The molecule has 2 aliphatic rings. The van der Waals surface area contributed by atoms with Crippen LogP contribution in [0.15, 0.2) is 10.2 Å². The lowest BCUT2D eigenvalue weighted by atomic mass is 9.76. The van der Waals surface area contributed by atoms with Crippen LogP contribution in [0, 0.1) is 11.3 Å².